The predicted octanol–water partition coefficient (Wildman–Crippen LogP) is 2.51. The van der Waals surface area contributed by atoms with Gasteiger partial charge in [0.25, 0.3) is 0 Å². The number of nitrogen functional groups attached to an aromatic ring is 1. The van der Waals surface area contributed by atoms with Crippen molar-refractivity contribution in [1.29, 1.82) is 0 Å². The maximum Gasteiger partial charge on any atom is 0.157 e. The van der Waals surface area contributed by atoms with E-state index in [1.165, 1.54) is 19.3 Å². The lowest BCUT2D eigenvalue weighted by Gasteiger charge is -2.28. The van der Waals surface area contributed by atoms with E-state index in [1.807, 2.05) is 0 Å². The molecule has 1 aromatic heterocycles. The number of aromatic nitrogens is 2. The van der Waals surface area contributed by atoms with Crippen LogP contribution in [0.25, 0.3) is 0 Å². The van der Waals surface area contributed by atoms with Crippen molar-refractivity contribution >= 4 is 17.3 Å². The van der Waals surface area contributed by atoms with E-state index < -0.39 is 0 Å². The molecule has 2 rings (SSSR count). The summed E-state index contributed by atoms with van der Waals surface area (Å²) in [5.41, 5.74) is 6.89. The van der Waals surface area contributed by atoms with Crippen molar-refractivity contribution in [3.05, 3.63) is 6.33 Å². The van der Waals surface area contributed by atoms with Crippen LogP contribution in [0.4, 0.5) is 17.3 Å². The SMILES string of the molecule is CC(C)CCNc1ncnc(N2CCCCC2)c1N. The van der Waals surface area contributed by atoms with Gasteiger partial charge in [-0.2, -0.15) is 0 Å². The van der Waals surface area contributed by atoms with Gasteiger partial charge in [-0.05, 0) is 31.6 Å². The smallest absolute Gasteiger partial charge is 0.157 e. The lowest BCUT2D eigenvalue weighted by atomic mass is 10.1. The highest BCUT2D eigenvalue weighted by Gasteiger charge is 2.17. The number of hydrogen-bond donors (Lipinski definition) is 2. The van der Waals surface area contributed by atoms with Gasteiger partial charge in [-0.3, -0.25) is 0 Å². The maximum absolute atomic E-state index is 6.20. The highest BCUT2D eigenvalue weighted by Crippen LogP contribution is 2.28. The molecule has 3 N–H and O–H groups in total. The third-order valence-corrected chi connectivity index (χ3v) is 3.53. The molecule has 106 valence electrons. The van der Waals surface area contributed by atoms with Crippen LogP contribution in [0.5, 0.6) is 0 Å². The van der Waals surface area contributed by atoms with Crippen molar-refractivity contribution in [3.8, 4) is 0 Å². The molecule has 0 aromatic carbocycles. The molecule has 0 unspecified atom stereocenters. The van der Waals surface area contributed by atoms with Crippen LogP contribution in [0, 0.1) is 5.92 Å². The summed E-state index contributed by atoms with van der Waals surface area (Å²) in [5, 5.41) is 3.32. The fourth-order valence-electron chi connectivity index (χ4n) is 2.36. The summed E-state index contributed by atoms with van der Waals surface area (Å²) in [4.78, 5) is 10.9. The third kappa shape index (κ3) is 3.72. The maximum atomic E-state index is 6.20. The summed E-state index contributed by atoms with van der Waals surface area (Å²) in [5.74, 6) is 2.34. The Morgan fingerprint density at radius 3 is 2.68 bits per heavy atom. The molecule has 1 aromatic rings. The Hall–Kier alpha value is -1.52. The van der Waals surface area contributed by atoms with E-state index in [-0.39, 0.29) is 0 Å². The minimum atomic E-state index is 0.678. The lowest BCUT2D eigenvalue weighted by Crippen LogP contribution is -2.31. The summed E-state index contributed by atoms with van der Waals surface area (Å²) in [6.45, 7) is 7.42. The van der Waals surface area contributed by atoms with Gasteiger partial charge in [0.05, 0.1) is 0 Å². The van der Waals surface area contributed by atoms with E-state index in [9.17, 15) is 0 Å². The average Bonchev–Trinajstić information content (AvgIpc) is 2.41. The van der Waals surface area contributed by atoms with Gasteiger partial charge in [0.1, 0.15) is 12.0 Å². The quantitative estimate of drug-likeness (QED) is 0.854. The molecular formula is C14H25N5. The molecule has 2 heterocycles. The molecular weight excluding hydrogens is 238 g/mol. The molecule has 0 bridgehead atoms. The van der Waals surface area contributed by atoms with E-state index in [1.54, 1.807) is 6.33 Å². The zero-order chi connectivity index (χ0) is 13.7. The van der Waals surface area contributed by atoms with Crippen molar-refractivity contribution < 1.29 is 0 Å². The number of nitrogens with zero attached hydrogens (tertiary/aromatic N) is 3. The number of piperidine rings is 1. The fraction of sp³-hybridized carbons (Fsp3) is 0.714. The van der Waals surface area contributed by atoms with Crippen LogP contribution < -0.4 is 16.0 Å². The molecule has 0 radical (unpaired) electrons. The number of nitrogens with two attached hydrogens (primary N) is 1. The third-order valence-electron chi connectivity index (χ3n) is 3.53. The van der Waals surface area contributed by atoms with Crippen molar-refractivity contribution in [2.75, 3.05) is 35.6 Å². The highest BCUT2D eigenvalue weighted by atomic mass is 15.2. The van der Waals surface area contributed by atoms with Gasteiger partial charge in [0.2, 0.25) is 0 Å². The standard InChI is InChI=1S/C14H25N5/c1-11(2)6-7-16-13-12(15)14(18-10-17-13)19-8-4-3-5-9-19/h10-11H,3-9,15H2,1-2H3,(H,16,17,18). The second-order valence-corrected chi connectivity index (χ2v) is 5.62. The Labute approximate surface area is 115 Å². The fourth-order valence-corrected chi connectivity index (χ4v) is 2.36. The number of rotatable bonds is 5. The summed E-state index contributed by atoms with van der Waals surface area (Å²) < 4.78 is 0. The minimum Gasteiger partial charge on any atom is -0.393 e. The zero-order valence-electron chi connectivity index (χ0n) is 12.0. The van der Waals surface area contributed by atoms with Crippen LogP contribution in [0.2, 0.25) is 0 Å². The van der Waals surface area contributed by atoms with E-state index in [0.717, 1.165) is 37.7 Å². The Balaban J connectivity index is 2.04. The topological polar surface area (TPSA) is 67.1 Å². The van der Waals surface area contributed by atoms with Crippen molar-refractivity contribution in [3.63, 3.8) is 0 Å². The van der Waals surface area contributed by atoms with E-state index in [4.69, 9.17) is 5.73 Å². The minimum absolute atomic E-state index is 0.678. The molecule has 5 nitrogen and oxygen atoms in total. The molecule has 0 aliphatic carbocycles. The number of nitrogens with one attached hydrogen (secondary N) is 1. The first kappa shape index (κ1) is 13.9. The van der Waals surface area contributed by atoms with E-state index in [0.29, 0.717) is 11.6 Å². The Morgan fingerprint density at radius 1 is 1.26 bits per heavy atom. The Kier molecular flexibility index (Phi) is 4.82. The summed E-state index contributed by atoms with van der Waals surface area (Å²) in [7, 11) is 0. The second-order valence-electron chi connectivity index (χ2n) is 5.62. The van der Waals surface area contributed by atoms with Gasteiger partial charge in [-0.25, -0.2) is 9.97 Å². The largest absolute Gasteiger partial charge is 0.393 e. The van der Waals surface area contributed by atoms with Crippen molar-refractivity contribution in [2.24, 2.45) is 5.92 Å². The summed E-state index contributed by atoms with van der Waals surface area (Å²) >= 11 is 0. The molecule has 1 aliphatic rings. The van der Waals surface area contributed by atoms with Crippen molar-refractivity contribution in [1.82, 2.24) is 9.97 Å². The van der Waals surface area contributed by atoms with Crippen LogP contribution in [0.1, 0.15) is 39.5 Å². The number of hydrogen-bond acceptors (Lipinski definition) is 5. The van der Waals surface area contributed by atoms with Crippen LogP contribution >= 0.6 is 0 Å². The summed E-state index contributed by atoms with van der Waals surface area (Å²) in [6.07, 6.45) is 6.47. The first-order valence-corrected chi connectivity index (χ1v) is 7.27. The molecule has 1 fully saturated rings. The molecule has 1 saturated heterocycles. The van der Waals surface area contributed by atoms with E-state index in [2.05, 4.69) is 34.0 Å². The second kappa shape index (κ2) is 6.59. The normalized spacial score (nSPS) is 15.8. The molecule has 19 heavy (non-hydrogen) atoms. The van der Waals surface area contributed by atoms with Crippen LogP contribution in [0.15, 0.2) is 6.33 Å². The predicted molar refractivity (Wildman–Crippen MR) is 80.5 cm³/mol. The summed E-state index contributed by atoms with van der Waals surface area (Å²) in [6, 6.07) is 0. The first-order valence-electron chi connectivity index (χ1n) is 7.27. The van der Waals surface area contributed by atoms with Gasteiger partial charge in [0, 0.05) is 19.6 Å². The lowest BCUT2D eigenvalue weighted by molar-refractivity contribution is 0.573. The highest BCUT2D eigenvalue weighted by molar-refractivity contribution is 5.74. The monoisotopic (exact) mass is 263 g/mol. The van der Waals surface area contributed by atoms with Gasteiger partial charge < -0.3 is 16.0 Å². The van der Waals surface area contributed by atoms with Gasteiger partial charge in [0.15, 0.2) is 11.6 Å². The molecule has 1 aliphatic heterocycles. The number of anilines is 3. The Morgan fingerprint density at radius 2 is 2.00 bits per heavy atom. The molecule has 5 heteroatoms. The van der Waals surface area contributed by atoms with Gasteiger partial charge in [-0.1, -0.05) is 13.8 Å². The molecule has 0 saturated carbocycles. The van der Waals surface area contributed by atoms with Crippen molar-refractivity contribution in [2.45, 2.75) is 39.5 Å². The molecule has 0 spiro atoms. The van der Waals surface area contributed by atoms with Crippen LogP contribution in [-0.4, -0.2) is 29.6 Å². The zero-order valence-corrected chi connectivity index (χ0v) is 12.0. The first-order chi connectivity index (χ1) is 9.18. The molecule has 0 amide bonds. The van der Waals surface area contributed by atoms with Crippen LogP contribution in [0.3, 0.4) is 0 Å². The van der Waals surface area contributed by atoms with Gasteiger partial charge >= 0.3 is 0 Å². The van der Waals surface area contributed by atoms with E-state index >= 15 is 0 Å². The Bertz CT molecular complexity index is 399. The van der Waals surface area contributed by atoms with Gasteiger partial charge in [-0.15, -0.1) is 0 Å². The van der Waals surface area contributed by atoms with Crippen LogP contribution in [-0.2, 0) is 0 Å². The average molecular weight is 263 g/mol. The molecule has 0 atom stereocenters.